The van der Waals surface area contributed by atoms with Crippen LogP contribution in [0.1, 0.15) is 6.04 Å². The molecule has 1 atom stereocenters. The molecule has 0 bridgehead atoms. The van der Waals surface area contributed by atoms with Gasteiger partial charge in [0.1, 0.15) is 11.8 Å². The van der Waals surface area contributed by atoms with Crippen LogP contribution >= 0.6 is 11.6 Å². The summed E-state index contributed by atoms with van der Waals surface area (Å²) >= 11 is 5.93. The van der Waals surface area contributed by atoms with E-state index in [2.05, 4.69) is 21.5 Å². The highest BCUT2D eigenvalue weighted by Gasteiger charge is 2.24. The summed E-state index contributed by atoms with van der Waals surface area (Å²) in [6, 6.07) is 0.0935. The smallest absolute Gasteiger partial charge is 0.165 e. The van der Waals surface area contributed by atoms with Crippen LogP contribution in [0, 0.1) is 0 Å². The number of hydrogen-bond donors (Lipinski definition) is 0. The molecule has 0 radical (unpaired) electrons. The van der Waals surface area contributed by atoms with Gasteiger partial charge in [-0.1, -0.05) is 18.2 Å². The van der Waals surface area contributed by atoms with Crippen molar-refractivity contribution in [3.63, 3.8) is 0 Å². The SMILES string of the molecule is C=C1COC[C@H]1n1cnc2c(Cl)ncnc21. The van der Waals surface area contributed by atoms with Gasteiger partial charge in [-0.2, -0.15) is 0 Å². The van der Waals surface area contributed by atoms with E-state index in [1.165, 1.54) is 6.33 Å². The predicted molar refractivity (Wildman–Crippen MR) is 59.3 cm³/mol. The van der Waals surface area contributed by atoms with E-state index < -0.39 is 0 Å². The van der Waals surface area contributed by atoms with E-state index in [9.17, 15) is 0 Å². The first-order chi connectivity index (χ1) is 7.77. The van der Waals surface area contributed by atoms with Gasteiger partial charge in [0.15, 0.2) is 10.8 Å². The normalized spacial score (nSPS) is 20.8. The van der Waals surface area contributed by atoms with Crippen LogP contribution in [0.25, 0.3) is 11.2 Å². The molecule has 0 amide bonds. The van der Waals surface area contributed by atoms with Crippen molar-refractivity contribution >= 4 is 22.8 Å². The summed E-state index contributed by atoms with van der Waals surface area (Å²) in [5.74, 6) is 0. The minimum atomic E-state index is 0.0935. The van der Waals surface area contributed by atoms with E-state index in [-0.39, 0.29) is 6.04 Å². The lowest BCUT2D eigenvalue weighted by atomic mass is 10.2. The second kappa shape index (κ2) is 3.54. The van der Waals surface area contributed by atoms with Crippen LogP contribution in [0.4, 0.5) is 0 Å². The van der Waals surface area contributed by atoms with Crippen molar-refractivity contribution in [1.82, 2.24) is 19.5 Å². The van der Waals surface area contributed by atoms with Crippen LogP contribution in [0.3, 0.4) is 0 Å². The van der Waals surface area contributed by atoms with Crippen LogP contribution in [-0.2, 0) is 4.74 Å². The maximum Gasteiger partial charge on any atom is 0.165 e. The Labute approximate surface area is 96.7 Å². The first-order valence-electron chi connectivity index (χ1n) is 4.86. The third kappa shape index (κ3) is 1.32. The fourth-order valence-corrected chi connectivity index (χ4v) is 2.02. The Balaban J connectivity index is 2.17. The maximum atomic E-state index is 5.93. The van der Waals surface area contributed by atoms with Crippen LogP contribution < -0.4 is 0 Å². The number of aromatic nitrogens is 4. The first-order valence-corrected chi connectivity index (χ1v) is 5.23. The van der Waals surface area contributed by atoms with Gasteiger partial charge in [0, 0.05) is 0 Å². The van der Waals surface area contributed by atoms with E-state index in [0.29, 0.717) is 23.9 Å². The number of nitrogens with zero attached hydrogens (tertiary/aromatic N) is 4. The highest BCUT2D eigenvalue weighted by molar-refractivity contribution is 6.33. The molecule has 16 heavy (non-hydrogen) atoms. The average Bonchev–Trinajstić information content (AvgIpc) is 2.84. The van der Waals surface area contributed by atoms with Crippen molar-refractivity contribution in [3.05, 3.63) is 30.0 Å². The Morgan fingerprint density at radius 2 is 2.31 bits per heavy atom. The third-order valence-electron chi connectivity index (χ3n) is 2.68. The minimum absolute atomic E-state index is 0.0935. The monoisotopic (exact) mass is 236 g/mol. The van der Waals surface area contributed by atoms with Crippen molar-refractivity contribution in [2.75, 3.05) is 13.2 Å². The lowest BCUT2D eigenvalue weighted by molar-refractivity contribution is 0.189. The van der Waals surface area contributed by atoms with Crippen molar-refractivity contribution in [2.45, 2.75) is 6.04 Å². The van der Waals surface area contributed by atoms with E-state index in [1.807, 2.05) is 4.57 Å². The molecule has 6 heteroatoms. The largest absolute Gasteiger partial charge is 0.375 e. The molecule has 3 rings (SSSR count). The summed E-state index contributed by atoms with van der Waals surface area (Å²) in [4.78, 5) is 12.3. The molecule has 1 aliphatic heterocycles. The standard InChI is InChI=1S/C10H9ClN4O/c1-6-2-16-3-7(6)15-5-14-8-9(11)12-4-13-10(8)15/h4-5,7H,1-3H2/t7-/m1/s1. The molecule has 3 heterocycles. The maximum absolute atomic E-state index is 5.93. The topological polar surface area (TPSA) is 52.8 Å². The molecule has 1 aliphatic rings. The highest BCUT2D eigenvalue weighted by Crippen LogP contribution is 2.27. The Kier molecular flexibility index (Phi) is 2.15. The Hall–Kier alpha value is -1.46. The summed E-state index contributed by atoms with van der Waals surface area (Å²) in [5, 5.41) is 0.369. The number of rotatable bonds is 1. The molecule has 82 valence electrons. The summed E-state index contributed by atoms with van der Waals surface area (Å²) in [5.41, 5.74) is 2.36. The first kappa shape index (κ1) is 9.74. The average molecular weight is 237 g/mol. The Bertz CT molecular complexity index is 565. The van der Waals surface area contributed by atoms with Crippen molar-refractivity contribution in [1.29, 1.82) is 0 Å². The molecule has 0 unspecified atom stereocenters. The molecule has 0 spiro atoms. The minimum Gasteiger partial charge on any atom is -0.375 e. The zero-order valence-electron chi connectivity index (χ0n) is 8.43. The van der Waals surface area contributed by atoms with Crippen LogP contribution in [0.2, 0.25) is 5.15 Å². The molecule has 1 fully saturated rings. The van der Waals surface area contributed by atoms with Gasteiger partial charge in [-0.05, 0) is 5.57 Å². The molecule has 2 aromatic rings. The fourth-order valence-electron chi connectivity index (χ4n) is 1.84. The Morgan fingerprint density at radius 1 is 1.44 bits per heavy atom. The number of halogens is 1. The van der Waals surface area contributed by atoms with Crippen molar-refractivity contribution in [2.24, 2.45) is 0 Å². The van der Waals surface area contributed by atoms with Crippen molar-refractivity contribution < 1.29 is 4.74 Å². The zero-order valence-corrected chi connectivity index (χ0v) is 9.18. The van der Waals surface area contributed by atoms with Gasteiger partial charge in [0.05, 0.1) is 25.6 Å². The molecule has 0 aliphatic carbocycles. The fraction of sp³-hybridized carbons (Fsp3) is 0.300. The van der Waals surface area contributed by atoms with Crippen LogP contribution in [-0.4, -0.2) is 32.7 Å². The molecule has 0 N–H and O–H groups in total. The van der Waals surface area contributed by atoms with Crippen LogP contribution in [0.5, 0.6) is 0 Å². The molecule has 2 aromatic heterocycles. The molecule has 0 aromatic carbocycles. The van der Waals surface area contributed by atoms with Gasteiger partial charge < -0.3 is 9.30 Å². The molecule has 5 nitrogen and oxygen atoms in total. The second-order valence-electron chi connectivity index (χ2n) is 3.68. The lowest BCUT2D eigenvalue weighted by Crippen LogP contribution is -2.09. The molecule has 0 saturated carbocycles. The molecular formula is C10H9ClN4O. The van der Waals surface area contributed by atoms with Gasteiger partial charge in [0.2, 0.25) is 0 Å². The Morgan fingerprint density at radius 3 is 3.06 bits per heavy atom. The van der Waals surface area contributed by atoms with E-state index >= 15 is 0 Å². The van der Waals surface area contributed by atoms with Gasteiger partial charge in [0.25, 0.3) is 0 Å². The van der Waals surface area contributed by atoms with Gasteiger partial charge in [-0.15, -0.1) is 0 Å². The van der Waals surface area contributed by atoms with Gasteiger partial charge in [-0.3, -0.25) is 0 Å². The van der Waals surface area contributed by atoms with Gasteiger partial charge in [-0.25, -0.2) is 15.0 Å². The third-order valence-corrected chi connectivity index (χ3v) is 2.96. The molecule has 1 saturated heterocycles. The summed E-state index contributed by atoms with van der Waals surface area (Å²) in [6.45, 7) is 5.16. The summed E-state index contributed by atoms with van der Waals surface area (Å²) < 4.78 is 7.28. The predicted octanol–water partition coefficient (Wildman–Crippen LogP) is 1.61. The quantitative estimate of drug-likeness (QED) is 0.558. The summed E-state index contributed by atoms with van der Waals surface area (Å²) in [6.07, 6.45) is 3.14. The number of imidazole rings is 1. The van der Waals surface area contributed by atoms with E-state index in [4.69, 9.17) is 16.3 Å². The number of ether oxygens (including phenoxy) is 1. The van der Waals surface area contributed by atoms with Crippen LogP contribution in [0.15, 0.2) is 24.8 Å². The number of hydrogen-bond acceptors (Lipinski definition) is 4. The van der Waals surface area contributed by atoms with Crippen molar-refractivity contribution in [3.8, 4) is 0 Å². The second-order valence-corrected chi connectivity index (χ2v) is 4.04. The highest BCUT2D eigenvalue weighted by atomic mass is 35.5. The zero-order chi connectivity index (χ0) is 11.1. The van der Waals surface area contributed by atoms with E-state index in [1.54, 1.807) is 6.33 Å². The van der Waals surface area contributed by atoms with Gasteiger partial charge >= 0.3 is 0 Å². The summed E-state index contributed by atoms with van der Waals surface area (Å²) in [7, 11) is 0. The lowest BCUT2D eigenvalue weighted by Gasteiger charge is -2.11. The number of fused-ring (bicyclic) bond motifs is 1. The van der Waals surface area contributed by atoms with E-state index in [0.717, 1.165) is 11.2 Å². The molecular weight excluding hydrogens is 228 g/mol.